The molecule has 27 heavy (non-hydrogen) atoms. The van der Waals surface area contributed by atoms with Crippen LogP contribution in [-0.4, -0.2) is 68.8 Å². The first-order chi connectivity index (χ1) is 13.1. The van der Waals surface area contributed by atoms with Gasteiger partial charge in [0, 0.05) is 56.7 Å². The number of rotatable bonds is 5. The number of oxazole rings is 1. The van der Waals surface area contributed by atoms with Gasteiger partial charge in [-0.1, -0.05) is 0 Å². The highest BCUT2D eigenvalue weighted by atomic mass is 16.3. The number of likely N-dealkylation sites (tertiary alicyclic amines) is 2. The van der Waals surface area contributed by atoms with E-state index in [2.05, 4.69) is 20.1 Å². The molecule has 0 bridgehead atoms. The van der Waals surface area contributed by atoms with E-state index in [1.165, 1.54) is 12.8 Å². The maximum absolute atomic E-state index is 12.9. The fourth-order valence-electron chi connectivity index (χ4n) is 4.71. The van der Waals surface area contributed by atoms with Gasteiger partial charge < -0.3 is 14.4 Å². The van der Waals surface area contributed by atoms with Gasteiger partial charge in [0.2, 0.25) is 0 Å². The molecule has 3 aliphatic rings. The summed E-state index contributed by atoms with van der Waals surface area (Å²) in [6.07, 6.45) is 4.05. The molecule has 2 aromatic heterocycles. The van der Waals surface area contributed by atoms with Crippen LogP contribution in [0, 0.1) is 18.3 Å². The number of nitrogens with one attached hydrogen (secondary N) is 1. The first-order valence-electron chi connectivity index (χ1n) is 9.65. The molecule has 5 rings (SSSR count). The lowest BCUT2D eigenvalue weighted by Gasteiger charge is -2.26. The molecule has 2 aromatic rings. The zero-order valence-corrected chi connectivity index (χ0v) is 15.5. The lowest BCUT2D eigenvalue weighted by molar-refractivity contribution is 0.0713. The predicted octanol–water partition coefficient (Wildman–Crippen LogP) is 1.15. The van der Waals surface area contributed by atoms with Gasteiger partial charge in [0.25, 0.3) is 5.91 Å². The third-order valence-corrected chi connectivity index (χ3v) is 6.32. The highest BCUT2D eigenvalue weighted by molar-refractivity contribution is 5.92. The van der Waals surface area contributed by atoms with Crippen LogP contribution in [0.25, 0.3) is 0 Å². The van der Waals surface area contributed by atoms with Crippen LogP contribution in [0.3, 0.4) is 0 Å². The number of hydrogen-bond acceptors (Lipinski definition) is 6. The second kappa shape index (κ2) is 6.17. The lowest BCUT2D eigenvalue weighted by atomic mass is 9.82. The summed E-state index contributed by atoms with van der Waals surface area (Å²) in [5.41, 5.74) is 2.23. The number of carbonyl (C=O) groups excluding carboxylic acids is 1. The zero-order valence-electron chi connectivity index (χ0n) is 15.5. The molecular formula is C19H25N5O3. The van der Waals surface area contributed by atoms with E-state index in [9.17, 15) is 9.90 Å². The molecule has 2 unspecified atom stereocenters. The quantitative estimate of drug-likeness (QED) is 0.818. The van der Waals surface area contributed by atoms with Crippen molar-refractivity contribution in [3.05, 3.63) is 35.3 Å². The van der Waals surface area contributed by atoms with Crippen molar-refractivity contribution in [3.63, 3.8) is 0 Å². The van der Waals surface area contributed by atoms with Gasteiger partial charge in [0.1, 0.15) is 12.0 Å². The average Bonchev–Trinajstić information content (AvgIpc) is 2.98. The second-order valence-corrected chi connectivity index (χ2v) is 8.41. The molecule has 2 saturated heterocycles. The van der Waals surface area contributed by atoms with Crippen LogP contribution in [0.1, 0.15) is 46.5 Å². The van der Waals surface area contributed by atoms with Crippen LogP contribution < -0.4 is 0 Å². The number of hydrogen-bond donors (Lipinski definition) is 2. The van der Waals surface area contributed by atoms with E-state index in [0.717, 1.165) is 24.5 Å². The number of aliphatic hydroxyl groups excluding tert-OH is 1. The number of aromatic nitrogens is 3. The Kier molecular flexibility index (Phi) is 3.87. The SMILES string of the molecule is Cc1nc(CN2CC3CN(C(=O)c4cc(C5CC5)[nH]n4)CC3(CO)C2)co1. The van der Waals surface area contributed by atoms with Crippen LogP contribution in [0.2, 0.25) is 0 Å². The van der Waals surface area contributed by atoms with E-state index >= 15 is 0 Å². The number of amides is 1. The molecule has 8 nitrogen and oxygen atoms in total. The molecule has 3 fully saturated rings. The van der Waals surface area contributed by atoms with Gasteiger partial charge in [-0.25, -0.2) is 4.98 Å². The van der Waals surface area contributed by atoms with Crippen molar-refractivity contribution in [2.75, 3.05) is 32.8 Å². The summed E-state index contributed by atoms with van der Waals surface area (Å²) < 4.78 is 5.29. The minimum atomic E-state index is -0.260. The van der Waals surface area contributed by atoms with Gasteiger partial charge in [0.05, 0.1) is 12.3 Å². The van der Waals surface area contributed by atoms with Gasteiger partial charge in [-0.15, -0.1) is 0 Å². The van der Waals surface area contributed by atoms with Crippen molar-refractivity contribution in [3.8, 4) is 0 Å². The Morgan fingerprint density at radius 1 is 1.41 bits per heavy atom. The maximum Gasteiger partial charge on any atom is 0.274 e. The summed E-state index contributed by atoms with van der Waals surface area (Å²) in [5, 5.41) is 17.4. The van der Waals surface area contributed by atoms with Crippen LogP contribution in [0.4, 0.5) is 0 Å². The van der Waals surface area contributed by atoms with Gasteiger partial charge in [0.15, 0.2) is 5.89 Å². The molecule has 2 atom stereocenters. The van der Waals surface area contributed by atoms with Crippen LogP contribution in [0.15, 0.2) is 16.7 Å². The largest absolute Gasteiger partial charge is 0.449 e. The molecule has 2 N–H and O–H groups in total. The van der Waals surface area contributed by atoms with E-state index in [1.807, 2.05) is 17.9 Å². The number of fused-ring (bicyclic) bond motifs is 1. The third-order valence-electron chi connectivity index (χ3n) is 6.32. The van der Waals surface area contributed by atoms with Gasteiger partial charge in [-0.2, -0.15) is 5.10 Å². The maximum atomic E-state index is 12.9. The molecule has 0 radical (unpaired) electrons. The summed E-state index contributed by atoms with van der Waals surface area (Å²) in [6, 6.07) is 1.90. The summed E-state index contributed by atoms with van der Waals surface area (Å²) in [7, 11) is 0. The van der Waals surface area contributed by atoms with Crippen molar-refractivity contribution >= 4 is 5.91 Å². The number of nitrogens with zero attached hydrogens (tertiary/aromatic N) is 4. The minimum Gasteiger partial charge on any atom is -0.449 e. The normalized spacial score (nSPS) is 28.1. The molecule has 144 valence electrons. The Hall–Kier alpha value is -2.19. The van der Waals surface area contributed by atoms with Crippen molar-refractivity contribution in [2.24, 2.45) is 11.3 Å². The van der Waals surface area contributed by atoms with E-state index in [1.54, 1.807) is 6.26 Å². The number of aryl methyl sites for hydroxylation is 1. The lowest BCUT2D eigenvalue weighted by Crippen LogP contribution is -2.39. The first kappa shape index (κ1) is 16.9. The second-order valence-electron chi connectivity index (χ2n) is 8.41. The number of aromatic amines is 1. The molecule has 1 amide bonds. The van der Waals surface area contributed by atoms with Crippen molar-refractivity contribution in [1.29, 1.82) is 0 Å². The monoisotopic (exact) mass is 371 g/mol. The third kappa shape index (κ3) is 2.96. The summed E-state index contributed by atoms with van der Waals surface area (Å²) in [5.74, 6) is 1.46. The Labute approximate surface area is 157 Å². The van der Waals surface area contributed by atoms with Crippen LogP contribution in [0.5, 0.6) is 0 Å². The molecular weight excluding hydrogens is 346 g/mol. The Balaban J connectivity index is 1.26. The smallest absolute Gasteiger partial charge is 0.274 e. The van der Waals surface area contributed by atoms with Gasteiger partial charge in [-0.05, 0) is 24.8 Å². The molecule has 8 heteroatoms. The topological polar surface area (TPSA) is 98.5 Å². The van der Waals surface area contributed by atoms with Crippen LogP contribution >= 0.6 is 0 Å². The van der Waals surface area contributed by atoms with Crippen LogP contribution in [-0.2, 0) is 6.54 Å². The van der Waals surface area contributed by atoms with E-state index < -0.39 is 0 Å². The number of H-pyrrole nitrogens is 1. The molecule has 4 heterocycles. The summed E-state index contributed by atoms with van der Waals surface area (Å²) >= 11 is 0. The number of carbonyl (C=O) groups is 1. The highest BCUT2D eigenvalue weighted by Gasteiger charge is 2.53. The first-order valence-corrected chi connectivity index (χ1v) is 9.65. The van der Waals surface area contributed by atoms with Gasteiger partial charge >= 0.3 is 0 Å². The molecule has 1 aliphatic carbocycles. The van der Waals surface area contributed by atoms with E-state index in [4.69, 9.17) is 4.42 Å². The number of aliphatic hydroxyl groups is 1. The molecule has 1 saturated carbocycles. The summed E-state index contributed by atoms with van der Waals surface area (Å²) in [4.78, 5) is 21.4. The van der Waals surface area contributed by atoms with Crippen molar-refractivity contribution in [1.82, 2.24) is 25.0 Å². The van der Waals surface area contributed by atoms with E-state index in [-0.39, 0.29) is 23.8 Å². The highest BCUT2D eigenvalue weighted by Crippen LogP contribution is 2.43. The molecule has 2 aliphatic heterocycles. The molecule has 0 aromatic carbocycles. The zero-order chi connectivity index (χ0) is 18.6. The summed E-state index contributed by atoms with van der Waals surface area (Å²) in [6.45, 7) is 5.50. The van der Waals surface area contributed by atoms with Crippen molar-refractivity contribution in [2.45, 2.75) is 32.2 Å². The molecule has 0 spiro atoms. The fourth-order valence-corrected chi connectivity index (χ4v) is 4.71. The fraction of sp³-hybridized carbons (Fsp3) is 0.632. The Bertz CT molecular complexity index is 857. The standard InChI is InChI=1S/C19H25N5O3/c1-12-20-15(8-27-12)7-23-5-14-6-24(10-19(14,9-23)11-25)18(26)17-4-16(21-22-17)13-2-3-13/h4,8,13-14,25H,2-3,5-7,9-11H2,1H3,(H,21,22). The predicted molar refractivity (Wildman–Crippen MR) is 96.0 cm³/mol. The van der Waals surface area contributed by atoms with E-state index in [0.29, 0.717) is 37.1 Å². The Morgan fingerprint density at radius 3 is 2.93 bits per heavy atom. The van der Waals surface area contributed by atoms with Gasteiger partial charge in [-0.3, -0.25) is 14.8 Å². The van der Waals surface area contributed by atoms with Crippen molar-refractivity contribution < 1.29 is 14.3 Å². The minimum absolute atomic E-state index is 0.0287. The Morgan fingerprint density at radius 2 is 2.26 bits per heavy atom. The average molecular weight is 371 g/mol.